The Morgan fingerprint density at radius 3 is 2.58 bits per heavy atom. The quantitative estimate of drug-likeness (QED) is 0.754. The number of rotatable bonds is 3. The van der Waals surface area contributed by atoms with Crippen LogP contribution < -0.4 is 0 Å². The fourth-order valence-corrected chi connectivity index (χ4v) is 2.44. The molecule has 0 atom stereocenters. The van der Waals surface area contributed by atoms with E-state index in [0.717, 1.165) is 18.0 Å². The Kier molecular flexibility index (Phi) is 3.55. The first-order valence-electron chi connectivity index (χ1n) is 3.84. The van der Waals surface area contributed by atoms with Gasteiger partial charge in [-0.05, 0) is 21.0 Å². The van der Waals surface area contributed by atoms with E-state index >= 15 is 0 Å². The van der Waals surface area contributed by atoms with E-state index in [0.29, 0.717) is 0 Å². The number of hydrogen-bond acceptors (Lipinski definition) is 4. The van der Waals surface area contributed by atoms with Crippen molar-refractivity contribution in [3.63, 3.8) is 0 Å². The van der Waals surface area contributed by atoms with E-state index in [1.807, 2.05) is 6.92 Å². The van der Waals surface area contributed by atoms with Gasteiger partial charge in [-0.15, -0.1) is 11.3 Å². The van der Waals surface area contributed by atoms with Crippen LogP contribution in [-0.2, 0) is 12.3 Å². The summed E-state index contributed by atoms with van der Waals surface area (Å²) in [7, 11) is 4.11. The second-order valence-corrected chi connectivity index (χ2v) is 4.50. The summed E-state index contributed by atoms with van der Waals surface area (Å²) < 4.78 is 0. The van der Waals surface area contributed by atoms with Crippen LogP contribution in [0, 0.1) is 6.92 Å². The van der Waals surface area contributed by atoms with Crippen molar-refractivity contribution in [3.05, 3.63) is 15.6 Å². The summed E-state index contributed by atoms with van der Waals surface area (Å²) in [5, 5.41) is 1.18. The van der Waals surface area contributed by atoms with Crippen molar-refractivity contribution < 1.29 is 0 Å². The third kappa shape index (κ3) is 2.47. The summed E-state index contributed by atoms with van der Waals surface area (Å²) in [5.74, 6) is 0.803. The van der Waals surface area contributed by atoms with Crippen LogP contribution in [0.4, 0.5) is 0 Å². The van der Waals surface area contributed by atoms with E-state index in [1.54, 1.807) is 11.3 Å². The molecule has 1 rings (SSSR count). The lowest BCUT2D eigenvalue weighted by Gasteiger charge is -2.04. The molecule has 0 aliphatic carbocycles. The molecule has 0 radical (unpaired) electrons. The van der Waals surface area contributed by atoms with Crippen LogP contribution in [0.2, 0.25) is 0 Å². The summed E-state index contributed by atoms with van der Waals surface area (Å²) in [6.07, 6.45) is 0. The van der Waals surface area contributed by atoms with Crippen LogP contribution in [0.25, 0.3) is 0 Å². The topological polar surface area (TPSA) is 16.1 Å². The molecule has 0 bridgehead atoms. The molecule has 0 saturated heterocycles. The first-order valence-corrected chi connectivity index (χ1v) is 5.29. The van der Waals surface area contributed by atoms with Gasteiger partial charge in [0, 0.05) is 17.2 Å². The average Bonchev–Trinajstić information content (AvgIpc) is 2.29. The van der Waals surface area contributed by atoms with E-state index in [-0.39, 0.29) is 0 Å². The zero-order valence-corrected chi connectivity index (χ0v) is 9.38. The van der Waals surface area contributed by atoms with E-state index in [4.69, 9.17) is 0 Å². The number of thiazole rings is 1. The molecule has 0 N–H and O–H groups in total. The lowest BCUT2D eigenvalue weighted by atomic mass is 10.4. The Hall–Kier alpha value is -0.0600. The molecule has 0 saturated carbocycles. The molecule has 0 aliphatic heterocycles. The molecule has 0 unspecified atom stereocenters. The standard InChI is InChI=1S/C8H14N2S2/c1-6-7(5-11)12-8(9-6)4-10(2)3/h11H,4-5H2,1-3H3. The highest BCUT2D eigenvalue weighted by Crippen LogP contribution is 2.20. The van der Waals surface area contributed by atoms with Crippen LogP contribution in [0.3, 0.4) is 0 Å². The first-order chi connectivity index (χ1) is 5.63. The molecular formula is C8H14N2S2. The third-order valence-electron chi connectivity index (χ3n) is 1.53. The zero-order valence-electron chi connectivity index (χ0n) is 7.66. The summed E-state index contributed by atoms with van der Waals surface area (Å²) in [6.45, 7) is 2.97. The van der Waals surface area contributed by atoms with Crippen molar-refractivity contribution in [1.82, 2.24) is 9.88 Å². The predicted molar refractivity (Wildman–Crippen MR) is 56.9 cm³/mol. The summed E-state index contributed by atoms with van der Waals surface area (Å²) >= 11 is 6.00. The maximum atomic E-state index is 4.45. The first kappa shape index (κ1) is 10.0. The Morgan fingerprint density at radius 2 is 2.17 bits per heavy atom. The maximum Gasteiger partial charge on any atom is 0.107 e. The highest BCUT2D eigenvalue weighted by molar-refractivity contribution is 7.79. The van der Waals surface area contributed by atoms with Crippen LogP contribution in [0.15, 0.2) is 0 Å². The molecule has 1 aromatic rings. The Balaban J connectivity index is 2.75. The van der Waals surface area contributed by atoms with Crippen molar-refractivity contribution in [2.75, 3.05) is 14.1 Å². The van der Waals surface area contributed by atoms with Crippen molar-refractivity contribution >= 4 is 24.0 Å². The lowest BCUT2D eigenvalue weighted by molar-refractivity contribution is 0.401. The molecule has 0 aliphatic rings. The van der Waals surface area contributed by atoms with Crippen LogP contribution in [-0.4, -0.2) is 24.0 Å². The smallest absolute Gasteiger partial charge is 0.107 e. The van der Waals surface area contributed by atoms with Crippen LogP contribution >= 0.6 is 24.0 Å². The molecule has 1 heterocycles. The van der Waals surface area contributed by atoms with E-state index in [1.165, 1.54) is 9.88 Å². The van der Waals surface area contributed by atoms with Gasteiger partial charge in [0.25, 0.3) is 0 Å². The van der Waals surface area contributed by atoms with Gasteiger partial charge in [-0.2, -0.15) is 12.6 Å². The van der Waals surface area contributed by atoms with E-state index in [2.05, 4.69) is 36.6 Å². The Labute approximate surface area is 83.0 Å². The minimum absolute atomic E-state index is 0.803. The number of hydrogen-bond donors (Lipinski definition) is 1. The van der Waals surface area contributed by atoms with Crippen molar-refractivity contribution in [2.24, 2.45) is 0 Å². The third-order valence-corrected chi connectivity index (χ3v) is 3.20. The Bertz CT molecular complexity index is 256. The van der Waals surface area contributed by atoms with Crippen LogP contribution in [0.1, 0.15) is 15.6 Å². The fraction of sp³-hybridized carbons (Fsp3) is 0.625. The normalized spacial score (nSPS) is 11.1. The van der Waals surface area contributed by atoms with Crippen LogP contribution in [0.5, 0.6) is 0 Å². The van der Waals surface area contributed by atoms with Gasteiger partial charge in [-0.3, -0.25) is 0 Å². The lowest BCUT2D eigenvalue weighted by Crippen LogP contribution is -2.10. The molecule has 12 heavy (non-hydrogen) atoms. The molecule has 0 aromatic carbocycles. The van der Waals surface area contributed by atoms with Gasteiger partial charge in [0.15, 0.2) is 0 Å². The second kappa shape index (κ2) is 4.25. The molecular weight excluding hydrogens is 188 g/mol. The van der Waals surface area contributed by atoms with Crippen molar-refractivity contribution in [1.29, 1.82) is 0 Å². The monoisotopic (exact) mass is 202 g/mol. The molecule has 0 amide bonds. The minimum atomic E-state index is 0.803. The van der Waals surface area contributed by atoms with Gasteiger partial charge in [0.05, 0.1) is 5.69 Å². The highest BCUT2D eigenvalue weighted by atomic mass is 32.1. The second-order valence-electron chi connectivity index (χ2n) is 3.01. The molecule has 1 aromatic heterocycles. The number of aryl methyl sites for hydroxylation is 1. The zero-order chi connectivity index (χ0) is 9.14. The van der Waals surface area contributed by atoms with E-state index < -0.39 is 0 Å². The van der Waals surface area contributed by atoms with Gasteiger partial charge in [-0.1, -0.05) is 0 Å². The number of nitrogens with zero attached hydrogens (tertiary/aromatic N) is 2. The van der Waals surface area contributed by atoms with Gasteiger partial charge in [0.2, 0.25) is 0 Å². The fourth-order valence-electron chi connectivity index (χ4n) is 0.973. The molecule has 2 nitrogen and oxygen atoms in total. The predicted octanol–water partition coefficient (Wildman–Crippen LogP) is 1.94. The average molecular weight is 202 g/mol. The maximum absolute atomic E-state index is 4.45. The highest BCUT2D eigenvalue weighted by Gasteiger charge is 2.05. The Morgan fingerprint density at radius 1 is 1.50 bits per heavy atom. The largest absolute Gasteiger partial charge is 0.303 e. The van der Waals surface area contributed by atoms with Gasteiger partial charge in [-0.25, -0.2) is 4.98 Å². The van der Waals surface area contributed by atoms with Crippen molar-refractivity contribution in [3.8, 4) is 0 Å². The molecule has 4 heteroatoms. The number of aromatic nitrogens is 1. The van der Waals surface area contributed by atoms with Crippen molar-refractivity contribution in [2.45, 2.75) is 19.2 Å². The summed E-state index contributed by atoms with van der Waals surface area (Å²) in [5.41, 5.74) is 1.13. The van der Waals surface area contributed by atoms with Gasteiger partial charge >= 0.3 is 0 Å². The summed E-state index contributed by atoms with van der Waals surface area (Å²) in [4.78, 5) is 7.86. The van der Waals surface area contributed by atoms with Gasteiger partial charge in [0.1, 0.15) is 5.01 Å². The SMILES string of the molecule is Cc1nc(CN(C)C)sc1CS. The minimum Gasteiger partial charge on any atom is -0.303 e. The molecule has 0 spiro atoms. The van der Waals surface area contributed by atoms with Gasteiger partial charge < -0.3 is 4.90 Å². The summed E-state index contributed by atoms with van der Waals surface area (Å²) in [6, 6.07) is 0. The number of thiol groups is 1. The van der Waals surface area contributed by atoms with E-state index in [9.17, 15) is 0 Å². The molecule has 68 valence electrons. The molecule has 0 fully saturated rings.